The van der Waals surface area contributed by atoms with Gasteiger partial charge in [-0.05, 0) is 46.0 Å². The van der Waals surface area contributed by atoms with E-state index in [1.54, 1.807) is 11.3 Å². The van der Waals surface area contributed by atoms with Gasteiger partial charge in [0.25, 0.3) is 0 Å². The Balaban J connectivity index is 2.00. The van der Waals surface area contributed by atoms with E-state index in [1.165, 1.54) is 17.0 Å². The summed E-state index contributed by atoms with van der Waals surface area (Å²) in [4.78, 5) is 6.17. The summed E-state index contributed by atoms with van der Waals surface area (Å²) in [6, 6.07) is 0.252. The number of thiazole rings is 1. The van der Waals surface area contributed by atoms with Gasteiger partial charge in [-0.3, -0.25) is 0 Å². The van der Waals surface area contributed by atoms with E-state index >= 15 is 0 Å². The standard InChI is InChI=1S/C14H22N2O2S2/c1-10(2)16-14(7-4-8-20(17,18)9-14)13-15-11-5-3-6-12(11)19-13/h10,16H,3-9H2,1-2H3. The van der Waals surface area contributed by atoms with Gasteiger partial charge in [0, 0.05) is 10.9 Å². The zero-order valence-corrected chi connectivity index (χ0v) is 13.7. The first-order chi connectivity index (χ1) is 9.40. The van der Waals surface area contributed by atoms with E-state index in [2.05, 4.69) is 19.2 Å². The molecule has 3 rings (SSSR count). The minimum Gasteiger partial charge on any atom is -0.302 e. The third-order valence-corrected chi connectivity index (χ3v) is 7.30. The van der Waals surface area contributed by atoms with Crippen LogP contribution < -0.4 is 5.32 Å². The normalized spacial score (nSPS) is 28.8. The van der Waals surface area contributed by atoms with Crippen LogP contribution in [0.3, 0.4) is 0 Å². The molecule has 1 atom stereocenters. The molecule has 0 radical (unpaired) electrons. The summed E-state index contributed by atoms with van der Waals surface area (Å²) >= 11 is 1.73. The molecule has 112 valence electrons. The quantitative estimate of drug-likeness (QED) is 0.927. The number of hydrogen-bond acceptors (Lipinski definition) is 5. The fraction of sp³-hybridized carbons (Fsp3) is 0.786. The van der Waals surface area contributed by atoms with Crippen LogP contribution in [-0.2, 0) is 28.2 Å². The second-order valence-corrected chi connectivity index (χ2v) is 9.59. The smallest absolute Gasteiger partial charge is 0.152 e. The lowest BCUT2D eigenvalue weighted by Crippen LogP contribution is -2.53. The Labute approximate surface area is 124 Å². The second-order valence-electron chi connectivity index (χ2n) is 6.32. The Bertz CT molecular complexity index is 585. The molecule has 0 aromatic carbocycles. The van der Waals surface area contributed by atoms with Crippen molar-refractivity contribution in [3.8, 4) is 0 Å². The van der Waals surface area contributed by atoms with Crippen LogP contribution >= 0.6 is 11.3 Å². The molecule has 1 aliphatic heterocycles. The van der Waals surface area contributed by atoms with Crippen molar-refractivity contribution in [2.24, 2.45) is 0 Å². The topological polar surface area (TPSA) is 59.1 Å². The Morgan fingerprint density at radius 2 is 2.10 bits per heavy atom. The van der Waals surface area contributed by atoms with E-state index in [0.717, 1.165) is 30.7 Å². The molecule has 2 aliphatic rings. The Hall–Kier alpha value is -0.460. The van der Waals surface area contributed by atoms with E-state index in [-0.39, 0.29) is 11.8 Å². The van der Waals surface area contributed by atoms with Gasteiger partial charge in [0.05, 0.1) is 22.7 Å². The molecule has 1 fully saturated rings. The number of nitrogens with zero attached hydrogens (tertiary/aromatic N) is 1. The lowest BCUT2D eigenvalue weighted by atomic mass is 9.95. The van der Waals surface area contributed by atoms with Crippen LogP contribution in [0.25, 0.3) is 0 Å². The average Bonchev–Trinajstić information content (AvgIpc) is 2.85. The molecule has 1 N–H and O–H groups in total. The first kappa shape index (κ1) is 14.5. The SMILES string of the molecule is CC(C)NC1(c2nc3c(s2)CCC3)CCCS(=O)(=O)C1. The van der Waals surface area contributed by atoms with E-state index < -0.39 is 15.4 Å². The molecule has 1 aliphatic carbocycles. The first-order valence-electron chi connectivity index (χ1n) is 7.37. The van der Waals surface area contributed by atoms with Gasteiger partial charge in [-0.2, -0.15) is 0 Å². The van der Waals surface area contributed by atoms with Crippen molar-refractivity contribution in [1.29, 1.82) is 0 Å². The number of aromatic nitrogens is 1. The number of sulfone groups is 1. The zero-order valence-electron chi connectivity index (χ0n) is 12.1. The molecule has 20 heavy (non-hydrogen) atoms. The molecule has 2 heterocycles. The largest absolute Gasteiger partial charge is 0.302 e. The third-order valence-electron chi connectivity index (χ3n) is 4.10. The van der Waals surface area contributed by atoms with Crippen LogP contribution in [0.15, 0.2) is 0 Å². The summed E-state index contributed by atoms with van der Waals surface area (Å²) in [6.07, 6.45) is 4.95. The van der Waals surface area contributed by atoms with Crippen molar-refractivity contribution >= 4 is 21.2 Å². The molecule has 6 heteroatoms. The predicted molar refractivity (Wildman–Crippen MR) is 82.0 cm³/mol. The molecule has 0 amide bonds. The van der Waals surface area contributed by atoms with Gasteiger partial charge in [-0.1, -0.05) is 0 Å². The van der Waals surface area contributed by atoms with Crippen molar-refractivity contribution < 1.29 is 8.42 Å². The average molecular weight is 314 g/mol. The van der Waals surface area contributed by atoms with Gasteiger partial charge in [0.15, 0.2) is 9.84 Å². The lowest BCUT2D eigenvalue weighted by molar-refractivity contribution is 0.300. The molecule has 0 spiro atoms. The third kappa shape index (κ3) is 2.65. The summed E-state index contributed by atoms with van der Waals surface area (Å²) in [5.41, 5.74) is 0.748. The van der Waals surface area contributed by atoms with E-state index in [0.29, 0.717) is 5.75 Å². The van der Waals surface area contributed by atoms with Crippen LogP contribution in [-0.4, -0.2) is 30.9 Å². The van der Waals surface area contributed by atoms with Crippen molar-refractivity contribution in [2.45, 2.75) is 57.5 Å². The van der Waals surface area contributed by atoms with Crippen molar-refractivity contribution in [2.75, 3.05) is 11.5 Å². The lowest BCUT2D eigenvalue weighted by Gasteiger charge is -2.37. The highest BCUT2D eigenvalue weighted by Gasteiger charge is 2.43. The minimum absolute atomic E-state index is 0.199. The summed E-state index contributed by atoms with van der Waals surface area (Å²) in [7, 11) is -2.97. The molecule has 0 saturated carbocycles. The molecule has 1 aromatic heterocycles. The number of aryl methyl sites for hydroxylation is 2. The molecular weight excluding hydrogens is 292 g/mol. The van der Waals surface area contributed by atoms with Crippen molar-refractivity contribution in [1.82, 2.24) is 10.3 Å². The van der Waals surface area contributed by atoms with Crippen LogP contribution in [0.1, 0.15) is 48.7 Å². The minimum atomic E-state index is -2.97. The van der Waals surface area contributed by atoms with Gasteiger partial charge in [-0.15, -0.1) is 11.3 Å². The molecule has 1 unspecified atom stereocenters. The highest BCUT2D eigenvalue weighted by Crippen LogP contribution is 2.39. The molecular formula is C14H22N2O2S2. The van der Waals surface area contributed by atoms with Gasteiger partial charge < -0.3 is 5.32 Å². The van der Waals surface area contributed by atoms with Gasteiger partial charge >= 0.3 is 0 Å². The van der Waals surface area contributed by atoms with Crippen molar-refractivity contribution in [3.05, 3.63) is 15.6 Å². The summed E-state index contributed by atoms with van der Waals surface area (Å²) in [6.45, 7) is 4.15. The van der Waals surface area contributed by atoms with Gasteiger partial charge in [0.2, 0.25) is 0 Å². The van der Waals surface area contributed by atoms with Crippen LogP contribution in [0.5, 0.6) is 0 Å². The van der Waals surface area contributed by atoms with Gasteiger partial charge in [0.1, 0.15) is 5.01 Å². The molecule has 0 bridgehead atoms. The van der Waals surface area contributed by atoms with Crippen molar-refractivity contribution in [3.63, 3.8) is 0 Å². The monoisotopic (exact) mass is 314 g/mol. The van der Waals surface area contributed by atoms with Crippen LogP contribution in [0.4, 0.5) is 0 Å². The number of fused-ring (bicyclic) bond motifs is 1. The second kappa shape index (κ2) is 5.07. The van der Waals surface area contributed by atoms with Crippen LogP contribution in [0, 0.1) is 0 Å². The number of nitrogens with one attached hydrogen (secondary N) is 1. The predicted octanol–water partition coefficient (Wildman–Crippen LogP) is 2.03. The van der Waals surface area contributed by atoms with Crippen LogP contribution in [0.2, 0.25) is 0 Å². The number of hydrogen-bond donors (Lipinski definition) is 1. The highest BCUT2D eigenvalue weighted by atomic mass is 32.2. The highest BCUT2D eigenvalue weighted by molar-refractivity contribution is 7.91. The maximum Gasteiger partial charge on any atom is 0.152 e. The number of rotatable bonds is 3. The van der Waals surface area contributed by atoms with E-state index in [1.807, 2.05) is 0 Å². The first-order valence-corrected chi connectivity index (χ1v) is 10.0. The molecule has 1 saturated heterocycles. The Kier molecular flexibility index (Phi) is 3.67. The summed E-state index contributed by atoms with van der Waals surface area (Å²) in [5.74, 6) is 0.518. The van der Waals surface area contributed by atoms with E-state index in [9.17, 15) is 8.42 Å². The maximum absolute atomic E-state index is 12.1. The fourth-order valence-corrected chi connectivity index (χ4v) is 6.67. The van der Waals surface area contributed by atoms with E-state index in [4.69, 9.17) is 4.98 Å². The Morgan fingerprint density at radius 1 is 1.30 bits per heavy atom. The Morgan fingerprint density at radius 3 is 2.75 bits per heavy atom. The van der Waals surface area contributed by atoms with Gasteiger partial charge in [-0.25, -0.2) is 13.4 Å². The summed E-state index contributed by atoms with van der Waals surface area (Å²) < 4.78 is 24.3. The molecule has 4 nitrogen and oxygen atoms in total. The fourth-order valence-electron chi connectivity index (χ4n) is 3.41. The molecule has 1 aromatic rings. The zero-order chi connectivity index (χ0) is 14.4. The maximum atomic E-state index is 12.1. The summed E-state index contributed by atoms with van der Waals surface area (Å²) in [5, 5.41) is 4.52.